The quantitative estimate of drug-likeness (QED) is 0.289. The van der Waals surface area contributed by atoms with Crippen molar-refractivity contribution in [1.29, 1.82) is 0 Å². The van der Waals surface area contributed by atoms with Gasteiger partial charge in [-0.05, 0) is 0 Å². The number of fused-ring (bicyclic) bond motifs is 3. The maximum atomic E-state index is 19.2. The molecule has 0 saturated carbocycles. The molecule has 0 radical (unpaired) electrons. The first-order valence-corrected chi connectivity index (χ1v) is 23.6. The van der Waals surface area contributed by atoms with E-state index in [1.54, 1.807) is 0 Å². The Morgan fingerprint density at radius 1 is 0.697 bits per heavy atom. The van der Waals surface area contributed by atoms with E-state index in [-0.39, 0.29) is 8.75 Å². The molecule has 174 valence electrons. The molecule has 0 aliphatic heterocycles. The third kappa shape index (κ3) is 4.04. The summed E-state index contributed by atoms with van der Waals surface area (Å²) in [5.74, 6) is 0. The molecule has 0 nitrogen and oxygen atoms in total. The number of hydrogen-bond acceptors (Lipinski definition) is 0. The van der Waals surface area contributed by atoms with Crippen molar-refractivity contribution in [2.24, 2.45) is 0 Å². The molecule has 1 aliphatic rings. The fraction of sp³-hybridized carbons (Fsp3) is 0.379. The van der Waals surface area contributed by atoms with Crippen molar-refractivity contribution >= 4 is 34.3 Å². The zero-order chi connectivity index (χ0) is 24.3. The third-order valence-corrected chi connectivity index (χ3v) is 39.5. The molecular formula is C29H39FGeSi2. The molecule has 0 heterocycles. The number of rotatable bonds is 5. The summed E-state index contributed by atoms with van der Waals surface area (Å²) in [6, 6.07) is 21.8. The molecule has 4 rings (SSSR count). The van der Waals surface area contributed by atoms with Crippen LogP contribution in [-0.4, -0.2) is 29.9 Å². The van der Waals surface area contributed by atoms with Crippen molar-refractivity contribution in [2.45, 2.75) is 68.8 Å². The third-order valence-electron chi connectivity index (χ3n) is 7.47. The minimum atomic E-state index is -4.33. The van der Waals surface area contributed by atoms with Gasteiger partial charge in [0.15, 0.2) is 0 Å². The molecule has 1 unspecified atom stereocenters. The van der Waals surface area contributed by atoms with Crippen molar-refractivity contribution < 1.29 is 3.50 Å². The number of halogens is 1. The van der Waals surface area contributed by atoms with E-state index in [1.165, 1.54) is 38.9 Å². The van der Waals surface area contributed by atoms with Gasteiger partial charge in [-0.3, -0.25) is 0 Å². The molecule has 0 amide bonds. The van der Waals surface area contributed by atoms with Crippen molar-refractivity contribution in [2.75, 3.05) is 0 Å². The van der Waals surface area contributed by atoms with Crippen LogP contribution in [0.1, 0.15) is 32.6 Å². The van der Waals surface area contributed by atoms with Gasteiger partial charge in [-0.2, -0.15) is 0 Å². The van der Waals surface area contributed by atoms with Crippen LogP contribution in [0.15, 0.2) is 60.7 Å². The summed E-state index contributed by atoms with van der Waals surface area (Å²) < 4.78 is 20.4. The van der Waals surface area contributed by atoms with E-state index >= 15 is 3.50 Å². The summed E-state index contributed by atoms with van der Waals surface area (Å²) in [5, 5.41) is 0. The predicted molar refractivity (Wildman–Crippen MR) is 151 cm³/mol. The van der Waals surface area contributed by atoms with Crippen molar-refractivity contribution in [3.63, 3.8) is 0 Å². The van der Waals surface area contributed by atoms with Gasteiger partial charge in [0.1, 0.15) is 0 Å². The predicted octanol–water partition coefficient (Wildman–Crippen LogP) is 8.21. The Labute approximate surface area is 205 Å². The topological polar surface area (TPSA) is 0 Å². The van der Waals surface area contributed by atoms with Gasteiger partial charge in [0.2, 0.25) is 0 Å². The average Bonchev–Trinajstić information content (AvgIpc) is 2.99. The van der Waals surface area contributed by atoms with Crippen LogP contribution >= 0.6 is 0 Å². The standard InChI is InChI=1S/C29H39FGeSi2/c1-20-18-21(2)27(22(3)19-20)31(30,29(32(4,5)6)33(7,8)9)28-25-16-12-10-14-23(25)24-15-11-13-17-26(24)28/h10-19,28-29H,1-9H3. The van der Waals surface area contributed by atoms with Gasteiger partial charge in [0, 0.05) is 0 Å². The van der Waals surface area contributed by atoms with E-state index in [2.05, 4.69) is 121 Å². The molecule has 3 aromatic carbocycles. The van der Waals surface area contributed by atoms with Crippen molar-refractivity contribution in [3.05, 3.63) is 88.5 Å². The van der Waals surface area contributed by atoms with Gasteiger partial charge in [-0.25, -0.2) is 0 Å². The molecule has 1 atom stereocenters. The van der Waals surface area contributed by atoms with Gasteiger partial charge in [-0.1, -0.05) is 0 Å². The zero-order valence-corrected chi connectivity index (χ0v) is 25.9. The number of hydrogen-bond donors (Lipinski definition) is 0. The monoisotopic (exact) mass is 536 g/mol. The van der Waals surface area contributed by atoms with Crippen molar-refractivity contribution in [1.82, 2.24) is 0 Å². The molecule has 0 N–H and O–H groups in total. The van der Waals surface area contributed by atoms with Gasteiger partial charge in [0.25, 0.3) is 0 Å². The van der Waals surface area contributed by atoms with Crippen LogP contribution in [0, 0.1) is 20.8 Å². The van der Waals surface area contributed by atoms with Gasteiger partial charge < -0.3 is 0 Å². The van der Waals surface area contributed by atoms with E-state index in [1.807, 2.05) is 0 Å². The maximum absolute atomic E-state index is 19.2. The van der Waals surface area contributed by atoms with E-state index in [0.717, 1.165) is 4.40 Å². The van der Waals surface area contributed by atoms with Gasteiger partial charge >= 0.3 is 206 Å². The normalized spacial score (nSPS) is 16.0. The second-order valence-electron chi connectivity index (χ2n) is 12.3. The zero-order valence-electron chi connectivity index (χ0n) is 21.8. The fourth-order valence-electron chi connectivity index (χ4n) is 7.41. The van der Waals surface area contributed by atoms with Crippen LogP contribution in [0.5, 0.6) is 0 Å². The second kappa shape index (κ2) is 8.35. The van der Waals surface area contributed by atoms with E-state index < -0.39 is 29.9 Å². The Morgan fingerprint density at radius 3 is 1.48 bits per heavy atom. The summed E-state index contributed by atoms with van der Waals surface area (Å²) >= 11 is -4.33. The molecule has 33 heavy (non-hydrogen) atoms. The SMILES string of the molecule is Cc1cc(C)[c]([Ge]([F])([CH]2c3ccccc3-c3ccccc32)[CH]([Si](C)(C)C)[Si](C)(C)C)c(C)c1. The van der Waals surface area contributed by atoms with Crippen LogP contribution in [-0.2, 0) is 0 Å². The summed E-state index contributed by atoms with van der Waals surface area (Å²) in [5.41, 5.74) is 8.57. The van der Waals surface area contributed by atoms with E-state index in [9.17, 15) is 0 Å². The Hall–Kier alpha value is -1.43. The van der Waals surface area contributed by atoms with Crippen LogP contribution in [0.3, 0.4) is 0 Å². The van der Waals surface area contributed by atoms with Crippen LogP contribution < -0.4 is 4.40 Å². The van der Waals surface area contributed by atoms with Crippen LogP contribution in [0.4, 0.5) is 3.50 Å². The van der Waals surface area contributed by atoms with E-state index in [4.69, 9.17) is 0 Å². The summed E-state index contributed by atoms with van der Waals surface area (Å²) in [6.45, 7) is 21.1. The average molecular weight is 535 g/mol. The fourth-order valence-corrected chi connectivity index (χ4v) is 47.1. The Balaban J connectivity index is 2.16. The molecule has 0 spiro atoms. The van der Waals surface area contributed by atoms with Crippen molar-refractivity contribution in [3.8, 4) is 11.1 Å². The van der Waals surface area contributed by atoms with Crippen LogP contribution in [0.25, 0.3) is 11.1 Å². The molecule has 0 fully saturated rings. The molecule has 0 bridgehead atoms. The minimum absolute atomic E-state index is 0.0963. The summed E-state index contributed by atoms with van der Waals surface area (Å²) in [7, 11) is -3.68. The first-order chi connectivity index (χ1) is 15.3. The van der Waals surface area contributed by atoms with Crippen LogP contribution in [0.2, 0.25) is 43.3 Å². The Bertz CT molecular complexity index is 1120. The van der Waals surface area contributed by atoms with Gasteiger partial charge in [0.05, 0.1) is 0 Å². The molecule has 1 aliphatic carbocycles. The Morgan fingerprint density at radius 2 is 1.09 bits per heavy atom. The molecule has 0 saturated heterocycles. The molecule has 0 aromatic heterocycles. The number of benzene rings is 3. The first-order valence-electron chi connectivity index (χ1n) is 12.2. The van der Waals surface area contributed by atoms with Gasteiger partial charge in [-0.15, -0.1) is 0 Å². The Kier molecular flexibility index (Phi) is 6.25. The van der Waals surface area contributed by atoms with E-state index in [0.29, 0.717) is 0 Å². The number of aryl methyl sites for hydroxylation is 3. The molecule has 4 heteroatoms. The summed E-state index contributed by atoms with van der Waals surface area (Å²) in [6.07, 6.45) is 0. The summed E-state index contributed by atoms with van der Waals surface area (Å²) in [4.78, 5) is 0. The molecule has 3 aromatic rings. The second-order valence-corrected chi connectivity index (χ2v) is 32.6. The first kappa shape index (κ1) is 24.7. The molecular weight excluding hydrogens is 496 g/mol.